The number of hydrogen-bond donors (Lipinski definition) is 1. The van der Waals surface area contributed by atoms with Crippen LogP contribution >= 0.6 is 23.2 Å². The van der Waals surface area contributed by atoms with Crippen molar-refractivity contribution in [1.82, 2.24) is 18.8 Å². The van der Waals surface area contributed by atoms with Gasteiger partial charge in [0.2, 0.25) is 11.6 Å². The van der Waals surface area contributed by atoms with Crippen LogP contribution in [-0.2, 0) is 4.79 Å². The van der Waals surface area contributed by atoms with Gasteiger partial charge in [-0.15, -0.1) is 4.73 Å². The van der Waals surface area contributed by atoms with E-state index in [-0.39, 0.29) is 17.3 Å². The zero-order valence-corrected chi connectivity index (χ0v) is 21.6. The van der Waals surface area contributed by atoms with Crippen molar-refractivity contribution < 1.29 is 9.63 Å². The first-order valence-electron chi connectivity index (χ1n) is 12.0. The average molecular weight is 542 g/mol. The second kappa shape index (κ2) is 10.1. The Bertz CT molecular complexity index is 1600. The number of primary amides is 1. The number of benzene rings is 2. The summed E-state index contributed by atoms with van der Waals surface area (Å²) in [5.74, 6) is -0.503. The topological polar surface area (TPSA) is 114 Å². The minimum absolute atomic E-state index is 0.0263. The van der Waals surface area contributed by atoms with E-state index in [2.05, 4.69) is 0 Å². The summed E-state index contributed by atoms with van der Waals surface area (Å²) in [6.45, 7) is 1.40. The Morgan fingerprint density at radius 2 is 1.73 bits per heavy atom. The van der Waals surface area contributed by atoms with E-state index in [1.807, 2.05) is 0 Å². The molecule has 192 valence electrons. The fourth-order valence-electron chi connectivity index (χ4n) is 4.68. The van der Waals surface area contributed by atoms with Crippen LogP contribution in [0.2, 0.25) is 10.0 Å². The van der Waals surface area contributed by atoms with E-state index >= 15 is 0 Å². The molecule has 5 rings (SSSR count). The molecule has 2 heterocycles. The fraction of sp³-hybridized carbons (Fsp3) is 0.308. The molecule has 37 heavy (non-hydrogen) atoms. The molecule has 0 bridgehead atoms. The number of nitrogens with two attached hydrogens (primary N) is 1. The predicted octanol–water partition coefficient (Wildman–Crippen LogP) is 4.13. The third-order valence-electron chi connectivity index (χ3n) is 6.66. The molecule has 1 aliphatic carbocycles. The number of nitrogens with zero attached hydrogens (tertiary/aromatic N) is 4. The molecule has 1 saturated carbocycles. The zero-order chi connectivity index (χ0) is 26.3. The number of halogens is 2. The number of carbonyl (C=O) groups excluding carboxylic acids is 1. The van der Waals surface area contributed by atoms with Crippen LogP contribution < -0.4 is 21.8 Å². The van der Waals surface area contributed by atoms with Gasteiger partial charge in [-0.05, 0) is 69.0 Å². The lowest BCUT2D eigenvalue weighted by Crippen LogP contribution is -2.48. The van der Waals surface area contributed by atoms with Crippen molar-refractivity contribution in [3.05, 3.63) is 79.4 Å². The fourth-order valence-corrected chi connectivity index (χ4v) is 5.03. The van der Waals surface area contributed by atoms with Crippen molar-refractivity contribution in [2.75, 3.05) is 0 Å². The summed E-state index contributed by atoms with van der Waals surface area (Å²) in [6, 6.07) is 12.6. The normalized spacial score (nSPS) is 15.1. The molecule has 1 fully saturated rings. The second-order valence-corrected chi connectivity index (χ2v) is 9.94. The number of amides is 1. The van der Waals surface area contributed by atoms with Crippen molar-refractivity contribution in [3.63, 3.8) is 0 Å². The van der Waals surface area contributed by atoms with Crippen LogP contribution in [0, 0.1) is 0 Å². The SMILES string of the molecule is C[C@@H](C(N)=O)n1c(=O)c2c(nc(-c3ccccc3Cl)n2-c2ccc(Cl)cc2)n(OC2CCCCC2)c1=O. The first-order chi connectivity index (χ1) is 17.8. The molecule has 0 spiro atoms. The molecule has 1 aliphatic rings. The maximum absolute atomic E-state index is 13.9. The van der Waals surface area contributed by atoms with E-state index in [9.17, 15) is 14.4 Å². The molecule has 9 nitrogen and oxygen atoms in total. The first-order valence-corrected chi connectivity index (χ1v) is 12.8. The molecule has 0 unspecified atom stereocenters. The van der Waals surface area contributed by atoms with Crippen LogP contribution in [0.3, 0.4) is 0 Å². The van der Waals surface area contributed by atoms with Crippen molar-refractivity contribution in [3.8, 4) is 17.1 Å². The minimum atomic E-state index is -1.22. The van der Waals surface area contributed by atoms with Gasteiger partial charge in [-0.1, -0.05) is 41.8 Å². The Hall–Kier alpha value is -3.56. The lowest BCUT2D eigenvalue weighted by atomic mass is 9.98. The van der Waals surface area contributed by atoms with E-state index in [4.69, 9.17) is 38.8 Å². The van der Waals surface area contributed by atoms with Gasteiger partial charge in [-0.2, -0.15) is 0 Å². The predicted molar refractivity (Wildman–Crippen MR) is 142 cm³/mol. The van der Waals surface area contributed by atoms with Gasteiger partial charge in [0.15, 0.2) is 5.52 Å². The molecule has 1 atom stereocenters. The molecule has 1 amide bonds. The number of hydrogen-bond acceptors (Lipinski definition) is 5. The molecule has 4 aromatic rings. The summed E-state index contributed by atoms with van der Waals surface area (Å²) in [4.78, 5) is 50.6. The third-order valence-corrected chi connectivity index (χ3v) is 7.24. The van der Waals surface area contributed by atoms with E-state index < -0.39 is 23.2 Å². The zero-order valence-electron chi connectivity index (χ0n) is 20.1. The summed E-state index contributed by atoms with van der Waals surface area (Å²) < 4.78 is 3.44. The van der Waals surface area contributed by atoms with Crippen molar-refractivity contribution in [1.29, 1.82) is 0 Å². The highest BCUT2D eigenvalue weighted by molar-refractivity contribution is 6.33. The Labute approximate surface area is 222 Å². The van der Waals surface area contributed by atoms with E-state index in [1.165, 1.54) is 6.92 Å². The lowest BCUT2D eigenvalue weighted by Gasteiger charge is -2.24. The second-order valence-electron chi connectivity index (χ2n) is 9.10. The van der Waals surface area contributed by atoms with Crippen LogP contribution in [0.4, 0.5) is 0 Å². The highest BCUT2D eigenvalue weighted by Crippen LogP contribution is 2.32. The summed E-state index contributed by atoms with van der Waals surface area (Å²) in [5.41, 5.74) is 5.15. The van der Waals surface area contributed by atoms with Gasteiger partial charge in [0.05, 0.1) is 5.02 Å². The highest BCUT2D eigenvalue weighted by atomic mass is 35.5. The lowest BCUT2D eigenvalue weighted by molar-refractivity contribution is -0.120. The van der Waals surface area contributed by atoms with Gasteiger partial charge < -0.3 is 10.6 Å². The van der Waals surface area contributed by atoms with E-state index in [1.54, 1.807) is 53.1 Å². The first kappa shape index (κ1) is 25.1. The number of fused-ring (bicyclic) bond motifs is 1. The van der Waals surface area contributed by atoms with Crippen LogP contribution in [-0.4, -0.2) is 30.9 Å². The van der Waals surface area contributed by atoms with Crippen LogP contribution in [0.5, 0.6) is 0 Å². The van der Waals surface area contributed by atoms with Crippen LogP contribution in [0.1, 0.15) is 45.1 Å². The quantitative estimate of drug-likeness (QED) is 0.394. The molecule has 2 aromatic carbocycles. The van der Waals surface area contributed by atoms with E-state index in [0.29, 0.717) is 27.1 Å². The Balaban J connectivity index is 1.91. The van der Waals surface area contributed by atoms with Gasteiger partial charge in [-0.3, -0.25) is 14.2 Å². The number of imidazole rings is 1. The van der Waals surface area contributed by atoms with Crippen LogP contribution in [0.25, 0.3) is 28.2 Å². The van der Waals surface area contributed by atoms with Crippen molar-refractivity contribution >= 4 is 40.3 Å². The standard InChI is InChI=1S/C26H25Cl2N5O4/c1-15(22(29)34)31-25(35)21-24(33(26(31)36)37-18-7-3-2-4-8-18)30-23(19-9-5-6-10-20(19)28)32(21)17-13-11-16(27)12-14-17/h5-6,9-15,18H,2-4,7-8H2,1H3,(H2,29,34)/t15-/m0/s1. The number of aromatic nitrogens is 4. The van der Waals surface area contributed by atoms with Crippen molar-refractivity contribution in [2.45, 2.75) is 51.2 Å². The summed E-state index contributed by atoms with van der Waals surface area (Å²) in [7, 11) is 0. The Kier molecular flexibility index (Phi) is 6.83. The Morgan fingerprint density at radius 1 is 1.05 bits per heavy atom. The van der Waals surface area contributed by atoms with Gasteiger partial charge in [0.1, 0.15) is 18.0 Å². The third kappa shape index (κ3) is 4.53. The smallest absolute Gasteiger partial charge is 0.366 e. The van der Waals surface area contributed by atoms with Crippen LogP contribution in [0.15, 0.2) is 58.1 Å². The maximum atomic E-state index is 13.9. The molecule has 0 radical (unpaired) electrons. The van der Waals surface area contributed by atoms with E-state index in [0.717, 1.165) is 41.4 Å². The van der Waals surface area contributed by atoms with Gasteiger partial charge in [0.25, 0.3) is 5.56 Å². The average Bonchev–Trinajstić information content (AvgIpc) is 3.28. The highest BCUT2D eigenvalue weighted by Gasteiger charge is 2.29. The van der Waals surface area contributed by atoms with Crippen molar-refractivity contribution in [2.24, 2.45) is 5.73 Å². The molecule has 0 aliphatic heterocycles. The molecule has 0 saturated heterocycles. The van der Waals surface area contributed by atoms with Gasteiger partial charge >= 0.3 is 5.69 Å². The summed E-state index contributed by atoms with van der Waals surface area (Å²) in [6.07, 6.45) is 4.29. The maximum Gasteiger partial charge on any atom is 0.366 e. The van der Waals surface area contributed by atoms with Gasteiger partial charge in [0, 0.05) is 16.3 Å². The summed E-state index contributed by atoms with van der Waals surface area (Å²) in [5, 5.41) is 0.908. The largest absolute Gasteiger partial charge is 0.404 e. The molecule has 11 heteroatoms. The monoisotopic (exact) mass is 541 g/mol. The number of rotatable bonds is 6. The van der Waals surface area contributed by atoms with Gasteiger partial charge in [-0.25, -0.2) is 14.3 Å². The number of carbonyl (C=O) groups is 1. The molecule has 2 N–H and O–H groups in total. The minimum Gasteiger partial charge on any atom is -0.404 e. The molecular formula is C26H25Cl2N5O4. The molecule has 2 aromatic heterocycles. The summed E-state index contributed by atoms with van der Waals surface area (Å²) >= 11 is 12.7. The molecular weight excluding hydrogens is 517 g/mol. The Morgan fingerprint density at radius 3 is 2.38 bits per heavy atom.